The maximum absolute atomic E-state index is 12.5. The Balaban J connectivity index is 1.67. The van der Waals surface area contributed by atoms with Gasteiger partial charge >= 0.3 is 0 Å². The number of carbonyl (C=O) groups excluding carboxylic acids is 1. The zero-order chi connectivity index (χ0) is 20.0. The molecule has 146 valence electrons. The number of thioether (sulfide) groups is 1. The highest BCUT2D eigenvalue weighted by Gasteiger charge is 2.32. The van der Waals surface area contributed by atoms with Gasteiger partial charge in [0.15, 0.2) is 11.0 Å². The molecule has 1 fully saturated rings. The molecule has 5 rings (SSSR count). The van der Waals surface area contributed by atoms with Gasteiger partial charge in [0.1, 0.15) is 0 Å². The van der Waals surface area contributed by atoms with Gasteiger partial charge < -0.3 is 9.88 Å². The number of para-hydroxylation sites is 2. The number of aromatic amines is 1. The summed E-state index contributed by atoms with van der Waals surface area (Å²) in [6.45, 7) is 2.86. The monoisotopic (exact) mass is 403 g/mol. The molecule has 0 radical (unpaired) electrons. The molecule has 1 amide bonds. The fourth-order valence-corrected chi connectivity index (χ4v) is 4.97. The first kappa shape index (κ1) is 18.0. The van der Waals surface area contributed by atoms with Gasteiger partial charge in [-0.2, -0.15) is 0 Å². The van der Waals surface area contributed by atoms with Gasteiger partial charge in [0, 0.05) is 36.3 Å². The second-order valence-electron chi connectivity index (χ2n) is 7.33. The van der Waals surface area contributed by atoms with Crippen molar-refractivity contribution in [3.63, 3.8) is 0 Å². The molecule has 0 aliphatic carbocycles. The van der Waals surface area contributed by atoms with Crippen molar-refractivity contribution in [1.29, 1.82) is 0 Å². The summed E-state index contributed by atoms with van der Waals surface area (Å²) in [5.74, 6) is 0.932. The van der Waals surface area contributed by atoms with Crippen molar-refractivity contribution in [3.05, 3.63) is 60.3 Å². The smallest absolute Gasteiger partial charge is 0.235 e. The molecular formula is C22H21N5OS. The molecule has 6 nitrogen and oxygen atoms in total. The number of nitrogens with zero attached hydrogens (tertiary/aromatic N) is 4. The average Bonchev–Trinajstić information content (AvgIpc) is 3.42. The minimum atomic E-state index is -0.122. The number of H-pyrrole nitrogens is 1. The molecule has 1 unspecified atom stereocenters. The third-order valence-electron chi connectivity index (χ3n) is 5.45. The van der Waals surface area contributed by atoms with Crippen LogP contribution in [0.25, 0.3) is 28.0 Å². The summed E-state index contributed by atoms with van der Waals surface area (Å²) in [7, 11) is 1.85. The number of nitrogens with one attached hydrogen (secondary N) is 1. The van der Waals surface area contributed by atoms with E-state index >= 15 is 0 Å². The lowest BCUT2D eigenvalue weighted by Gasteiger charge is -2.14. The molecule has 1 aliphatic heterocycles. The molecule has 2 aromatic heterocycles. The maximum atomic E-state index is 12.5. The van der Waals surface area contributed by atoms with Crippen LogP contribution in [0.5, 0.6) is 0 Å². The van der Waals surface area contributed by atoms with Crippen LogP contribution in [0.1, 0.15) is 12.0 Å². The summed E-state index contributed by atoms with van der Waals surface area (Å²) >= 11 is 1.50. The fourth-order valence-electron chi connectivity index (χ4n) is 3.84. The minimum Gasteiger partial charge on any atom is -0.360 e. The Morgan fingerprint density at radius 3 is 2.69 bits per heavy atom. The number of aryl methyl sites for hydroxylation is 1. The first-order valence-electron chi connectivity index (χ1n) is 9.63. The Labute approximate surface area is 172 Å². The highest BCUT2D eigenvalue weighted by atomic mass is 32.2. The van der Waals surface area contributed by atoms with E-state index in [1.54, 1.807) is 4.90 Å². The molecule has 0 saturated carbocycles. The van der Waals surface area contributed by atoms with Gasteiger partial charge in [-0.3, -0.25) is 9.36 Å². The summed E-state index contributed by atoms with van der Waals surface area (Å²) in [6.07, 6.45) is 2.80. The van der Waals surface area contributed by atoms with Crippen LogP contribution in [-0.2, 0) is 4.79 Å². The number of hydrogen-bond acceptors (Lipinski definition) is 4. The molecule has 1 saturated heterocycles. The zero-order valence-corrected chi connectivity index (χ0v) is 17.1. The molecule has 7 heteroatoms. The van der Waals surface area contributed by atoms with E-state index in [0.717, 1.165) is 51.7 Å². The molecular weight excluding hydrogens is 382 g/mol. The van der Waals surface area contributed by atoms with Crippen molar-refractivity contribution in [1.82, 2.24) is 24.6 Å². The standard InChI is InChI=1S/C22H21N5OS/c1-14-7-3-6-10-18(14)27-20(16-13-23-17-9-5-4-8-15(16)17)24-25-22(27)29-19-11-12-26(2)21(19)28/h3-10,13,19,23H,11-12H2,1-2H3. The van der Waals surface area contributed by atoms with E-state index in [9.17, 15) is 4.79 Å². The minimum absolute atomic E-state index is 0.122. The average molecular weight is 404 g/mol. The molecule has 29 heavy (non-hydrogen) atoms. The summed E-state index contributed by atoms with van der Waals surface area (Å²) in [4.78, 5) is 17.6. The summed E-state index contributed by atoms with van der Waals surface area (Å²) in [5.41, 5.74) is 4.21. The van der Waals surface area contributed by atoms with Crippen molar-refractivity contribution >= 4 is 28.6 Å². The van der Waals surface area contributed by atoms with Crippen LogP contribution in [-0.4, -0.2) is 49.4 Å². The first-order valence-corrected chi connectivity index (χ1v) is 10.5. The van der Waals surface area contributed by atoms with E-state index in [1.165, 1.54) is 11.8 Å². The molecule has 3 heterocycles. The SMILES string of the molecule is Cc1ccccc1-n1c(SC2CCN(C)C2=O)nnc1-c1c[nH]c2ccccc12. The molecule has 0 spiro atoms. The van der Waals surface area contributed by atoms with Gasteiger partial charge in [0.05, 0.1) is 10.9 Å². The Bertz CT molecular complexity index is 1210. The molecule has 1 aliphatic rings. The summed E-state index contributed by atoms with van der Waals surface area (Å²) in [5, 5.41) is 10.8. The Morgan fingerprint density at radius 1 is 1.10 bits per heavy atom. The lowest BCUT2D eigenvalue weighted by Crippen LogP contribution is -2.24. The number of likely N-dealkylation sites (tertiary alicyclic amines) is 1. The van der Waals surface area contributed by atoms with Crippen molar-refractivity contribution in [3.8, 4) is 17.1 Å². The topological polar surface area (TPSA) is 66.8 Å². The van der Waals surface area contributed by atoms with Gasteiger partial charge in [-0.1, -0.05) is 48.2 Å². The first-order chi connectivity index (χ1) is 14.1. The predicted molar refractivity (Wildman–Crippen MR) is 115 cm³/mol. The zero-order valence-electron chi connectivity index (χ0n) is 16.3. The van der Waals surface area contributed by atoms with Crippen LogP contribution in [0.4, 0.5) is 0 Å². The second-order valence-corrected chi connectivity index (χ2v) is 8.50. The number of fused-ring (bicyclic) bond motifs is 1. The van der Waals surface area contributed by atoms with Crippen molar-refractivity contribution in [2.75, 3.05) is 13.6 Å². The molecule has 2 aromatic carbocycles. The quantitative estimate of drug-likeness (QED) is 0.558. The third-order valence-corrected chi connectivity index (χ3v) is 6.64. The third kappa shape index (κ3) is 3.02. The molecule has 4 aromatic rings. The van der Waals surface area contributed by atoms with E-state index in [4.69, 9.17) is 0 Å². The number of aromatic nitrogens is 4. The van der Waals surface area contributed by atoms with E-state index < -0.39 is 0 Å². The lowest BCUT2D eigenvalue weighted by molar-refractivity contribution is -0.126. The van der Waals surface area contributed by atoms with Crippen LogP contribution < -0.4 is 0 Å². The van der Waals surface area contributed by atoms with Gasteiger partial charge in [-0.15, -0.1) is 10.2 Å². The van der Waals surface area contributed by atoms with E-state index in [-0.39, 0.29) is 11.2 Å². The molecule has 0 bridgehead atoms. The number of benzene rings is 2. The largest absolute Gasteiger partial charge is 0.360 e. The van der Waals surface area contributed by atoms with E-state index in [1.807, 2.05) is 37.5 Å². The second kappa shape index (κ2) is 7.08. The predicted octanol–water partition coefficient (Wildman–Crippen LogP) is 4.05. The number of carbonyl (C=O) groups is 1. The Kier molecular flexibility index (Phi) is 4.39. The van der Waals surface area contributed by atoms with Gasteiger partial charge in [0.2, 0.25) is 5.91 Å². The van der Waals surface area contributed by atoms with E-state index in [2.05, 4.69) is 50.9 Å². The van der Waals surface area contributed by atoms with Gasteiger partial charge in [-0.05, 0) is 31.0 Å². The number of amides is 1. The van der Waals surface area contributed by atoms with Crippen LogP contribution in [0.2, 0.25) is 0 Å². The Hall–Kier alpha value is -3.06. The van der Waals surface area contributed by atoms with Crippen LogP contribution >= 0.6 is 11.8 Å². The van der Waals surface area contributed by atoms with Crippen molar-refractivity contribution in [2.24, 2.45) is 0 Å². The van der Waals surface area contributed by atoms with Gasteiger partial charge in [0.25, 0.3) is 0 Å². The van der Waals surface area contributed by atoms with Crippen LogP contribution in [0.15, 0.2) is 59.9 Å². The Morgan fingerprint density at radius 2 is 1.90 bits per heavy atom. The van der Waals surface area contributed by atoms with Crippen LogP contribution in [0.3, 0.4) is 0 Å². The number of rotatable bonds is 4. The maximum Gasteiger partial charge on any atom is 0.235 e. The summed E-state index contributed by atoms with van der Waals surface area (Å²) in [6, 6.07) is 16.4. The van der Waals surface area contributed by atoms with Crippen LogP contribution in [0, 0.1) is 6.92 Å². The van der Waals surface area contributed by atoms with Gasteiger partial charge in [-0.25, -0.2) is 0 Å². The number of hydrogen-bond donors (Lipinski definition) is 1. The van der Waals surface area contributed by atoms with Crippen molar-refractivity contribution < 1.29 is 4.79 Å². The highest BCUT2D eigenvalue weighted by molar-refractivity contribution is 8.00. The van der Waals surface area contributed by atoms with Crippen molar-refractivity contribution in [2.45, 2.75) is 23.8 Å². The normalized spacial score (nSPS) is 16.8. The molecule has 1 N–H and O–H groups in total. The lowest BCUT2D eigenvalue weighted by atomic mass is 10.1. The highest BCUT2D eigenvalue weighted by Crippen LogP contribution is 2.36. The summed E-state index contributed by atoms with van der Waals surface area (Å²) < 4.78 is 2.08. The fraction of sp³-hybridized carbons (Fsp3) is 0.227. The molecule has 1 atom stereocenters. The van der Waals surface area contributed by atoms with E-state index in [0.29, 0.717) is 0 Å².